The van der Waals surface area contributed by atoms with Crippen molar-refractivity contribution >= 4 is 16.7 Å². The van der Waals surface area contributed by atoms with Crippen molar-refractivity contribution in [3.05, 3.63) is 48.0 Å². The maximum Gasteiger partial charge on any atom is 0.222 e. The van der Waals surface area contributed by atoms with Crippen LogP contribution in [0.25, 0.3) is 10.8 Å². The smallest absolute Gasteiger partial charge is 0.222 e. The molecule has 2 aromatic carbocycles. The molecule has 0 atom stereocenters. The Bertz CT molecular complexity index is 731. The molecule has 0 aromatic heterocycles. The van der Waals surface area contributed by atoms with Gasteiger partial charge in [0.25, 0.3) is 0 Å². The lowest BCUT2D eigenvalue weighted by Crippen LogP contribution is -2.41. The van der Waals surface area contributed by atoms with Gasteiger partial charge in [0, 0.05) is 25.4 Å². The SMILES string of the molecule is O=C(CCc1ccc2ccccc2c1)N1CCC(C2OCCO2)CC1. The highest BCUT2D eigenvalue weighted by atomic mass is 16.7. The number of hydrogen-bond acceptors (Lipinski definition) is 3. The van der Waals surface area contributed by atoms with Gasteiger partial charge in [-0.25, -0.2) is 0 Å². The monoisotopic (exact) mass is 339 g/mol. The van der Waals surface area contributed by atoms with Gasteiger partial charge < -0.3 is 14.4 Å². The second-order valence-electron chi connectivity index (χ2n) is 7.01. The van der Waals surface area contributed by atoms with Gasteiger partial charge in [-0.2, -0.15) is 0 Å². The molecule has 2 fully saturated rings. The van der Waals surface area contributed by atoms with E-state index in [4.69, 9.17) is 9.47 Å². The summed E-state index contributed by atoms with van der Waals surface area (Å²) in [5.74, 6) is 0.701. The van der Waals surface area contributed by atoms with E-state index in [1.54, 1.807) is 0 Å². The Morgan fingerprint density at radius 2 is 1.72 bits per heavy atom. The fourth-order valence-electron chi connectivity index (χ4n) is 3.87. The third-order valence-corrected chi connectivity index (χ3v) is 5.37. The lowest BCUT2D eigenvalue weighted by molar-refractivity contribution is -0.136. The van der Waals surface area contributed by atoms with Crippen LogP contribution in [0.4, 0.5) is 0 Å². The average molecular weight is 339 g/mol. The molecule has 0 N–H and O–H groups in total. The number of carbonyl (C=O) groups excluding carboxylic acids is 1. The molecule has 2 saturated heterocycles. The first-order valence-corrected chi connectivity index (χ1v) is 9.28. The molecule has 2 aromatic rings. The third kappa shape index (κ3) is 3.86. The largest absolute Gasteiger partial charge is 0.350 e. The van der Waals surface area contributed by atoms with Crippen LogP contribution in [0.1, 0.15) is 24.8 Å². The maximum absolute atomic E-state index is 12.5. The number of amides is 1. The molecule has 0 aliphatic carbocycles. The summed E-state index contributed by atoms with van der Waals surface area (Å²) in [5.41, 5.74) is 1.23. The summed E-state index contributed by atoms with van der Waals surface area (Å²) in [5, 5.41) is 2.49. The zero-order valence-corrected chi connectivity index (χ0v) is 14.5. The van der Waals surface area contributed by atoms with Crippen LogP contribution in [-0.2, 0) is 20.7 Å². The van der Waals surface area contributed by atoms with Crippen molar-refractivity contribution in [3.8, 4) is 0 Å². The van der Waals surface area contributed by atoms with E-state index in [0.717, 1.165) is 32.4 Å². The molecule has 0 saturated carbocycles. The van der Waals surface area contributed by atoms with Gasteiger partial charge in [-0.3, -0.25) is 4.79 Å². The van der Waals surface area contributed by atoms with Crippen molar-refractivity contribution in [2.45, 2.75) is 32.0 Å². The maximum atomic E-state index is 12.5. The zero-order chi connectivity index (χ0) is 17.1. The van der Waals surface area contributed by atoms with Crippen molar-refractivity contribution in [3.63, 3.8) is 0 Å². The average Bonchev–Trinajstić information content (AvgIpc) is 3.21. The van der Waals surface area contributed by atoms with Gasteiger partial charge in [-0.15, -0.1) is 0 Å². The van der Waals surface area contributed by atoms with E-state index in [0.29, 0.717) is 25.6 Å². The number of aryl methyl sites for hydroxylation is 1. The van der Waals surface area contributed by atoms with Gasteiger partial charge in [0.2, 0.25) is 5.91 Å². The van der Waals surface area contributed by atoms with Gasteiger partial charge in [0.05, 0.1) is 13.2 Å². The Morgan fingerprint density at radius 3 is 2.48 bits per heavy atom. The number of carbonyl (C=O) groups is 1. The predicted molar refractivity (Wildman–Crippen MR) is 97.3 cm³/mol. The Labute approximate surface area is 148 Å². The number of likely N-dealkylation sites (tertiary alicyclic amines) is 1. The first-order chi connectivity index (χ1) is 12.3. The molecular weight excluding hydrogens is 314 g/mol. The lowest BCUT2D eigenvalue weighted by Gasteiger charge is -2.34. The quantitative estimate of drug-likeness (QED) is 0.857. The van der Waals surface area contributed by atoms with Crippen LogP contribution in [0.3, 0.4) is 0 Å². The molecule has 0 bridgehead atoms. The van der Waals surface area contributed by atoms with Crippen molar-refractivity contribution in [2.24, 2.45) is 5.92 Å². The molecular formula is C21H25NO3. The normalized spacial score (nSPS) is 19.6. The molecule has 4 nitrogen and oxygen atoms in total. The molecule has 0 unspecified atom stereocenters. The van der Waals surface area contributed by atoms with E-state index in [1.165, 1.54) is 16.3 Å². The minimum Gasteiger partial charge on any atom is -0.350 e. The van der Waals surface area contributed by atoms with E-state index in [9.17, 15) is 4.79 Å². The second-order valence-corrected chi connectivity index (χ2v) is 7.01. The molecule has 132 valence electrons. The number of fused-ring (bicyclic) bond motifs is 1. The Hall–Kier alpha value is -1.91. The molecule has 4 rings (SSSR count). The lowest BCUT2D eigenvalue weighted by atomic mass is 9.95. The number of hydrogen-bond donors (Lipinski definition) is 0. The van der Waals surface area contributed by atoms with Gasteiger partial charge in [-0.1, -0.05) is 42.5 Å². The van der Waals surface area contributed by atoms with Gasteiger partial charge in [-0.05, 0) is 35.6 Å². The van der Waals surface area contributed by atoms with Crippen molar-refractivity contribution < 1.29 is 14.3 Å². The molecule has 4 heteroatoms. The van der Waals surface area contributed by atoms with E-state index in [1.807, 2.05) is 4.90 Å². The van der Waals surface area contributed by atoms with E-state index in [2.05, 4.69) is 42.5 Å². The zero-order valence-electron chi connectivity index (χ0n) is 14.5. The molecule has 0 spiro atoms. The minimum atomic E-state index is -0.0464. The summed E-state index contributed by atoms with van der Waals surface area (Å²) < 4.78 is 11.2. The number of nitrogens with zero attached hydrogens (tertiary/aromatic N) is 1. The van der Waals surface area contributed by atoms with Crippen molar-refractivity contribution in [1.29, 1.82) is 0 Å². The fraction of sp³-hybridized carbons (Fsp3) is 0.476. The first-order valence-electron chi connectivity index (χ1n) is 9.28. The molecule has 0 radical (unpaired) electrons. The second kappa shape index (κ2) is 7.54. The van der Waals surface area contributed by atoms with Crippen LogP contribution in [0.2, 0.25) is 0 Å². The minimum absolute atomic E-state index is 0.0464. The summed E-state index contributed by atoms with van der Waals surface area (Å²) in [4.78, 5) is 14.5. The number of benzene rings is 2. The fourth-order valence-corrected chi connectivity index (χ4v) is 3.87. The molecule has 2 aliphatic heterocycles. The predicted octanol–water partition coefficient (Wildman–Crippen LogP) is 3.38. The Balaban J connectivity index is 1.28. The highest BCUT2D eigenvalue weighted by molar-refractivity contribution is 5.83. The van der Waals surface area contributed by atoms with Gasteiger partial charge in [0.1, 0.15) is 0 Å². The standard InChI is InChI=1S/C21H25NO3/c23-20(22-11-9-18(10-12-22)21-24-13-14-25-21)8-6-16-5-7-17-3-1-2-4-19(17)15-16/h1-5,7,15,18,21H,6,8-14H2. The summed E-state index contributed by atoms with van der Waals surface area (Å²) in [6.07, 6.45) is 3.30. The first kappa shape index (κ1) is 16.6. The van der Waals surface area contributed by atoms with Gasteiger partial charge >= 0.3 is 0 Å². The van der Waals surface area contributed by atoms with Crippen molar-refractivity contribution in [2.75, 3.05) is 26.3 Å². The van der Waals surface area contributed by atoms with Crippen LogP contribution in [0.5, 0.6) is 0 Å². The summed E-state index contributed by atoms with van der Waals surface area (Å²) in [7, 11) is 0. The topological polar surface area (TPSA) is 38.8 Å². The van der Waals surface area contributed by atoms with Crippen LogP contribution in [0, 0.1) is 5.92 Å². The molecule has 25 heavy (non-hydrogen) atoms. The molecule has 2 aliphatic rings. The van der Waals surface area contributed by atoms with Crippen LogP contribution in [-0.4, -0.2) is 43.4 Å². The Kier molecular flexibility index (Phi) is 4.99. The van der Waals surface area contributed by atoms with E-state index in [-0.39, 0.29) is 12.2 Å². The van der Waals surface area contributed by atoms with E-state index >= 15 is 0 Å². The summed E-state index contributed by atoms with van der Waals surface area (Å²) in [6.45, 7) is 3.06. The number of piperidine rings is 1. The number of rotatable bonds is 4. The highest BCUT2D eigenvalue weighted by Gasteiger charge is 2.31. The summed E-state index contributed by atoms with van der Waals surface area (Å²) >= 11 is 0. The summed E-state index contributed by atoms with van der Waals surface area (Å²) in [6, 6.07) is 14.8. The van der Waals surface area contributed by atoms with Crippen LogP contribution < -0.4 is 0 Å². The molecule has 2 heterocycles. The van der Waals surface area contributed by atoms with Crippen LogP contribution >= 0.6 is 0 Å². The molecule has 1 amide bonds. The van der Waals surface area contributed by atoms with Gasteiger partial charge in [0.15, 0.2) is 6.29 Å². The van der Waals surface area contributed by atoms with E-state index < -0.39 is 0 Å². The third-order valence-electron chi connectivity index (χ3n) is 5.37. The van der Waals surface area contributed by atoms with Crippen molar-refractivity contribution in [1.82, 2.24) is 4.90 Å². The Morgan fingerprint density at radius 1 is 1.00 bits per heavy atom. The van der Waals surface area contributed by atoms with Crippen LogP contribution in [0.15, 0.2) is 42.5 Å². The highest BCUT2D eigenvalue weighted by Crippen LogP contribution is 2.26. The number of ether oxygens (including phenoxy) is 2.